The summed E-state index contributed by atoms with van der Waals surface area (Å²) in [5, 5.41) is 15.5. The second kappa shape index (κ2) is 14.9. The number of aromatic nitrogens is 4. The Hall–Kier alpha value is -2.43. The van der Waals surface area contributed by atoms with Crippen LogP contribution in [0.5, 0.6) is 11.5 Å². The number of rotatable bonds is 11. The van der Waals surface area contributed by atoms with E-state index in [1.807, 2.05) is 43.3 Å². The molecule has 192 valence electrons. The van der Waals surface area contributed by atoms with Gasteiger partial charge in [0.05, 0.1) is 26.0 Å². The van der Waals surface area contributed by atoms with E-state index in [2.05, 4.69) is 31.8 Å². The minimum Gasteiger partial charge on any atom is -0.493 e. The average molecular weight is 525 g/mol. The van der Waals surface area contributed by atoms with E-state index in [4.69, 9.17) is 14.2 Å². The molecule has 2 aromatic carbocycles. The lowest BCUT2D eigenvalue weighted by Gasteiger charge is -2.26. The summed E-state index contributed by atoms with van der Waals surface area (Å²) < 4.78 is 18.6. The third kappa shape index (κ3) is 8.33. The van der Waals surface area contributed by atoms with Gasteiger partial charge in [-0.05, 0) is 66.7 Å². The van der Waals surface area contributed by atoms with Crippen LogP contribution in [0.3, 0.4) is 0 Å². The first-order chi connectivity index (χ1) is 16.2. The van der Waals surface area contributed by atoms with Gasteiger partial charge in [0.1, 0.15) is 0 Å². The Balaban J connectivity index is 0.00000216. The standard InChI is InChI=1S/C24H32N6O3.2ClH/c1-19-4-7-21(8-5-19)30-24(26-27-28-30)18-33-22-9-6-20(16-23(22)31-2)17-25-10-3-11-29-12-14-32-15-13-29;;/h4-9,16,25H,3,10-15,17-18H2,1-2H3;2*1H. The summed E-state index contributed by atoms with van der Waals surface area (Å²) in [6, 6.07) is 14.0. The van der Waals surface area contributed by atoms with Gasteiger partial charge < -0.3 is 19.5 Å². The van der Waals surface area contributed by atoms with Crippen LogP contribution in [0.4, 0.5) is 0 Å². The molecule has 0 saturated carbocycles. The van der Waals surface area contributed by atoms with Crippen molar-refractivity contribution < 1.29 is 14.2 Å². The maximum Gasteiger partial charge on any atom is 0.194 e. The van der Waals surface area contributed by atoms with Crippen LogP contribution in [0.1, 0.15) is 23.4 Å². The van der Waals surface area contributed by atoms with Gasteiger partial charge in [-0.25, -0.2) is 0 Å². The summed E-state index contributed by atoms with van der Waals surface area (Å²) >= 11 is 0. The van der Waals surface area contributed by atoms with Crippen LogP contribution in [-0.4, -0.2) is 71.6 Å². The molecule has 4 rings (SSSR count). The predicted octanol–water partition coefficient (Wildman–Crippen LogP) is 3.21. The van der Waals surface area contributed by atoms with Crippen molar-refractivity contribution in [2.45, 2.75) is 26.5 Å². The third-order valence-electron chi connectivity index (χ3n) is 5.66. The summed E-state index contributed by atoms with van der Waals surface area (Å²) in [5.41, 5.74) is 3.22. The number of nitrogens with zero attached hydrogens (tertiary/aromatic N) is 5. The second-order valence-corrected chi connectivity index (χ2v) is 8.10. The molecule has 0 bridgehead atoms. The Kier molecular flexibility index (Phi) is 12.2. The fourth-order valence-corrected chi connectivity index (χ4v) is 3.75. The molecule has 1 N–H and O–H groups in total. The Morgan fingerprint density at radius 2 is 1.80 bits per heavy atom. The summed E-state index contributed by atoms with van der Waals surface area (Å²) in [5.74, 6) is 1.97. The molecule has 0 atom stereocenters. The molecule has 3 aromatic rings. The lowest BCUT2D eigenvalue weighted by atomic mass is 10.2. The van der Waals surface area contributed by atoms with Crippen molar-refractivity contribution in [1.82, 2.24) is 30.4 Å². The summed E-state index contributed by atoms with van der Waals surface area (Å²) in [6.45, 7) is 8.91. The number of morpholine rings is 1. The first kappa shape index (κ1) is 28.8. The number of nitrogens with one attached hydrogen (secondary N) is 1. The molecule has 11 heteroatoms. The van der Waals surface area contributed by atoms with Gasteiger partial charge in [-0.2, -0.15) is 4.68 Å². The molecular weight excluding hydrogens is 491 g/mol. The zero-order valence-corrected chi connectivity index (χ0v) is 21.8. The number of hydrogen-bond acceptors (Lipinski definition) is 8. The van der Waals surface area contributed by atoms with E-state index >= 15 is 0 Å². The summed E-state index contributed by atoms with van der Waals surface area (Å²) in [4.78, 5) is 2.45. The van der Waals surface area contributed by atoms with Gasteiger partial charge >= 0.3 is 0 Å². The van der Waals surface area contributed by atoms with Crippen molar-refractivity contribution in [2.24, 2.45) is 0 Å². The second-order valence-electron chi connectivity index (χ2n) is 8.10. The molecule has 0 radical (unpaired) electrons. The van der Waals surface area contributed by atoms with Gasteiger partial charge in [0, 0.05) is 19.6 Å². The maximum absolute atomic E-state index is 6.00. The normalized spacial score (nSPS) is 13.5. The van der Waals surface area contributed by atoms with Crippen molar-refractivity contribution in [2.75, 3.05) is 46.5 Å². The molecule has 35 heavy (non-hydrogen) atoms. The lowest BCUT2D eigenvalue weighted by molar-refractivity contribution is 0.0374. The largest absolute Gasteiger partial charge is 0.493 e. The first-order valence-electron chi connectivity index (χ1n) is 11.4. The minimum atomic E-state index is 0. The Morgan fingerprint density at radius 1 is 1.03 bits per heavy atom. The predicted molar refractivity (Wildman–Crippen MR) is 139 cm³/mol. The monoisotopic (exact) mass is 524 g/mol. The quantitative estimate of drug-likeness (QED) is 0.382. The number of aryl methyl sites for hydroxylation is 1. The molecule has 1 aromatic heterocycles. The highest BCUT2D eigenvalue weighted by Gasteiger charge is 2.12. The van der Waals surface area contributed by atoms with Crippen molar-refractivity contribution >= 4 is 24.8 Å². The number of halogens is 2. The number of ether oxygens (including phenoxy) is 3. The average Bonchev–Trinajstić information content (AvgIpc) is 3.32. The SMILES string of the molecule is COc1cc(CNCCCN2CCOCC2)ccc1OCc1nnnn1-c1ccc(C)cc1.Cl.Cl. The van der Waals surface area contributed by atoms with Gasteiger partial charge in [-0.15, -0.1) is 29.9 Å². The van der Waals surface area contributed by atoms with Crippen molar-refractivity contribution in [3.8, 4) is 17.2 Å². The van der Waals surface area contributed by atoms with Crippen molar-refractivity contribution in [3.05, 3.63) is 59.4 Å². The number of tetrazole rings is 1. The number of benzene rings is 2. The first-order valence-corrected chi connectivity index (χ1v) is 11.4. The minimum absolute atomic E-state index is 0. The van der Waals surface area contributed by atoms with E-state index in [0.29, 0.717) is 17.3 Å². The van der Waals surface area contributed by atoms with E-state index < -0.39 is 0 Å². The van der Waals surface area contributed by atoms with Gasteiger partial charge in [0.15, 0.2) is 23.9 Å². The van der Waals surface area contributed by atoms with Crippen LogP contribution < -0.4 is 14.8 Å². The zero-order chi connectivity index (χ0) is 22.9. The van der Waals surface area contributed by atoms with Crippen LogP contribution >= 0.6 is 24.8 Å². The highest BCUT2D eigenvalue weighted by Crippen LogP contribution is 2.29. The summed E-state index contributed by atoms with van der Waals surface area (Å²) in [7, 11) is 1.65. The van der Waals surface area contributed by atoms with Gasteiger partial charge in [0.25, 0.3) is 0 Å². The molecule has 0 unspecified atom stereocenters. The zero-order valence-electron chi connectivity index (χ0n) is 20.2. The van der Waals surface area contributed by atoms with Gasteiger partial charge in [0.2, 0.25) is 0 Å². The molecule has 1 aliphatic rings. The Morgan fingerprint density at radius 3 is 2.54 bits per heavy atom. The molecule has 0 spiro atoms. The van der Waals surface area contributed by atoms with Crippen LogP contribution in [0.25, 0.3) is 5.69 Å². The van der Waals surface area contributed by atoms with E-state index in [9.17, 15) is 0 Å². The van der Waals surface area contributed by atoms with E-state index in [1.165, 1.54) is 5.56 Å². The highest BCUT2D eigenvalue weighted by molar-refractivity contribution is 5.85. The molecule has 2 heterocycles. The highest BCUT2D eigenvalue weighted by atomic mass is 35.5. The fourth-order valence-electron chi connectivity index (χ4n) is 3.75. The molecule has 9 nitrogen and oxygen atoms in total. The van der Waals surface area contributed by atoms with Crippen molar-refractivity contribution in [3.63, 3.8) is 0 Å². The van der Waals surface area contributed by atoms with E-state index in [-0.39, 0.29) is 31.4 Å². The third-order valence-corrected chi connectivity index (χ3v) is 5.66. The van der Waals surface area contributed by atoms with E-state index in [0.717, 1.165) is 63.6 Å². The molecule has 0 amide bonds. The number of hydrogen-bond donors (Lipinski definition) is 1. The van der Waals surface area contributed by atoms with Gasteiger partial charge in [-0.3, -0.25) is 4.90 Å². The van der Waals surface area contributed by atoms with Crippen LogP contribution in [-0.2, 0) is 17.9 Å². The lowest BCUT2D eigenvalue weighted by Crippen LogP contribution is -2.37. The fraction of sp³-hybridized carbons (Fsp3) is 0.458. The topological polar surface area (TPSA) is 86.6 Å². The number of methoxy groups -OCH3 is 1. The molecule has 0 aliphatic carbocycles. The van der Waals surface area contributed by atoms with Gasteiger partial charge in [-0.1, -0.05) is 23.8 Å². The van der Waals surface area contributed by atoms with Crippen LogP contribution in [0.15, 0.2) is 42.5 Å². The Bertz CT molecular complexity index is 1010. The van der Waals surface area contributed by atoms with Crippen LogP contribution in [0.2, 0.25) is 0 Å². The smallest absolute Gasteiger partial charge is 0.194 e. The molecule has 1 saturated heterocycles. The maximum atomic E-state index is 6.00. The molecular formula is C24H34Cl2N6O3. The van der Waals surface area contributed by atoms with Crippen molar-refractivity contribution in [1.29, 1.82) is 0 Å². The van der Waals surface area contributed by atoms with E-state index in [1.54, 1.807) is 11.8 Å². The summed E-state index contributed by atoms with van der Waals surface area (Å²) in [6.07, 6.45) is 1.12. The van der Waals surface area contributed by atoms with Crippen LogP contribution in [0, 0.1) is 6.92 Å². The molecule has 1 fully saturated rings. The molecule has 1 aliphatic heterocycles. The Labute approximate surface area is 218 Å².